The Morgan fingerprint density at radius 3 is 2.64 bits per heavy atom. The Morgan fingerprint density at radius 1 is 1.15 bits per heavy atom. The number of hydrogen-bond acceptors (Lipinski definition) is 8. The molecule has 206 valence electrons. The van der Waals surface area contributed by atoms with Crippen LogP contribution in [-0.2, 0) is 20.9 Å². The lowest BCUT2D eigenvalue weighted by Gasteiger charge is -2.19. The molecule has 1 aliphatic carbocycles. The van der Waals surface area contributed by atoms with Crippen molar-refractivity contribution in [2.45, 2.75) is 50.3 Å². The number of fused-ring (bicyclic) bond motifs is 2. The molecule has 6 rings (SSSR count). The number of nitrogens with one attached hydrogen (secondary N) is 1. The number of imidazole rings is 1. The molecule has 2 unspecified atom stereocenters. The maximum atomic E-state index is 14.9. The number of H-pyrrole nitrogens is 1. The molecule has 0 spiro atoms. The topological polar surface area (TPSA) is 136 Å². The highest BCUT2D eigenvalue weighted by Gasteiger charge is 2.48. The molecule has 3 aliphatic rings. The summed E-state index contributed by atoms with van der Waals surface area (Å²) >= 11 is 6.30. The van der Waals surface area contributed by atoms with E-state index in [1.807, 2.05) is 0 Å². The molecule has 5 atom stereocenters. The molecule has 2 fully saturated rings. The average molecular weight is 564 g/mol. The van der Waals surface area contributed by atoms with Crippen molar-refractivity contribution in [3.8, 4) is 11.9 Å². The number of aliphatic carboxylic acids is 1. The summed E-state index contributed by atoms with van der Waals surface area (Å²) in [5.74, 6) is -3.01. The number of aliphatic hydroxyl groups is 1. The van der Waals surface area contributed by atoms with Gasteiger partial charge < -0.3 is 34.1 Å². The Bertz CT molecular complexity index is 1440. The number of nitrogens with zero attached hydrogens (tertiary/aromatic N) is 2. The minimum Gasteiger partial charge on any atom is -0.481 e. The van der Waals surface area contributed by atoms with Gasteiger partial charge >= 0.3 is 5.97 Å². The summed E-state index contributed by atoms with van der Waals surface area (Å²) < 4.78 is 52.3. The zero-order valence-corrected chi connectivity index (χ0v) is 21.2. The summed E-state index contributed by atoms with van der Waals surface area (Å²) in [4.78, 5) is 22.6. The first-order chi connectivity index (χ1) is 18.8. The Balaban J connectivity index is 1.15. The number of rotatable bonds is 7. The second-order valence-corrected chi connectivity index (χ2v) is 10.2. The zero-order valence-electron chi connectivity index (χ0n) is 20.4. The van der Waals surface area contributed by atoms with Gasteiger partial charge in [-0.15, -0.1) is 0 Å². The second-order valence-electron chi connectivity index (χ2n) is 9.75. The maximum absolute atomic E-state index is 14.9. The van der Waals surface area contributed by atoms with Gasteiger partial charge in [0.05, 0.1) is 30.2 Å². The van der Waals surface area contributed by atoms with E-state index in [-0.39, 0.29) is 41.3 Å². The average Bonchev–Trinajstić information content (AvgIpc) is 3.60. The zero-order chi connectivity index (χ0) is 27.3. The van der Waals surface area contributed by atoms with Gasteiger partial charge in [0.1, 0.15) is 41.6 Å². The summed E-state index contributed by atoms with van der Waals surface area (Å²) in [5, 5.41) is 19.1. The standard InChI is InChI=1S/C26H24ClF2N3O7/c27-15-7-18-23(32-26(30-18)39-20-10-37-21-19(33)9-36-22(20)21)31-24(15)38-8-14-16(28)5-13(6-17(14)29)11-1-3-12(4-2-11)25(34)35/h1,5-7,12,19-22,33H,2-4,8-10H2,(H,34,35)(H,30,31,32)/t12?,19-,20-,21-,22?/m1/s1. The lowest BCUT2D eigenvalue weighted by atomic mass is 9.86. The summed E-state index contributed by atoms with van der Waals surface area (Å²) in [6.07, 6.45) is 0.810. The third kappa shape index (κ3) is 5.05. The predicted octanol–water partition coefficient (Wildman–Crippen LogP) is 3.64. The number of allylic oxidation sites excluding steroid dienone is 2. The second kappa shape index (κ2) is 10.3. The first kappa shape index (κ1) is 25.9. The van der Waals surface area contributed by atoms with Crippen molar-refractivity contribution in [3.63, 3.8) is 0 Å². The number of ether oxygens (including phenoxy) is 4. The van der Waals surface area contributed by atoms with Gasteiger partial charge in [0, 0.05) is 0 Å². The third-order valence-corrected chi connectivity index (χ3v) is 7.51. The van der Waals surface area contributed by atoms with Crippen molar-refractivity contribution in [2.24, 2.45) is 5.92 Å². The number of aliphatic hydroxyl groups excluding tert-OH is 1. The number of halogens is 3. The molecule has 2 aromatic heterocycles. The molecule has 39 heavy (non-hydrogen) atoms. The molecule has 3 aromatic rings. The van der Waals surface area contributed by atoms with E-state index in [1.54, 1.807) is 6.08 Å². The fourth-order valence-corrected chi connectivity index (χ4v) is 5.32. The number of hydrogen-bond donors (Lipinski definition) is 3. The minimum atomic E-state index is -0.875. The van der Waals surface area contributed by atoms with E-state index in [0.29, 0.717) is 35.9 Å². The lowest BCUT2D eigenvalue weighted by Crippen LogP contribution is -2.34. The molecule has 0 bridgehead atoms. The van der Waals surface area contributed by atoms with Gasteiger partial charge in [-0.2, -0.15) is 9.97 Å². The summed E-state index contributed by atoms with van der Waals surface area (Å²) in [7, 11) is 0. The van der Waals surface area contributed by atoms with E-state index in [0.717, 1.165) is 0 Å². The van der Waals surface area contributed by atoms with E-state index in [2.05, 4.69) is 15.0 Å². The van der Waals surface area contributed by atoms with Crippen molar-refractivity contribution in [1.29, 1.82) is 0 Å². The largest absolute Gasteiger partial charge is 0.481 e. The Morgan fingerprint density at radius 2 is 1.92 bits per heavy atom. The van der Waals surface area contributed by atoms with Gasteiger partial charge in [-0.05, 0) is 48.6 Å². The predicted molar refractivity (Wildman–Crippen MR) is 132 cm³/mol. The highest BCUT2D eigenvalue weighted by molar-refractivity contribution is 6.32. The molecule has 10 nitrogen and oxygen atoms in total. The summed E-state index contributed by atoms with van der Waals surface area (Å²) in [6.45, 7) is -0.0730. The fourth-order valence-electron chi connectivity index (χ4n) is 5.11. The van der Waals surface area contributed by atoms with Crippen LogP contribution in [0.3, 0.4) is 0 Å². The summed E-state index contributed by atoms with van der Waals surface area (Å²) in [5.41, 5.74) is 1.46. The first-order valence-corrected chi connectivity index (χ1v) is 12.8. The van der Waals surface area contributed by atoms with Crippen molar-refractivity contribution < 1.29 is 42.7 Å². The Labute approximate surface area is 225 Å². The van der Waals surface area contributed by atoms with E-state index >= 15 is 0 Å². The van der Waals surface area contributed by atoms with Gasteiger partial charge in [-0.3, -0.25) is 4.79 Å². The van der Waals surface area contributed by atoms with Crippen molar-refractivity contribution in [2.75, 3.05) is 13.2 Å². The number of carbonyl (C=O) groups is 1. The van der Waals surface area contributed by atoms with Crippen LogP contribution < -0.4 is 9.47 Å². The van der Waals surface area contributed by atoms with E-state index in [1.165, 1.54) is 18.2 Å². The fraction of sp³-hybridized carbons (Fsp3) is 0.423. The molecular formula is C26H24ClF2N3O7. The number of aromatic amines is 1. The van der Waals surface area contributed by atoms with Gasteiger partial charge in [0.15, 0.2) is 11.8 Å². The third-order valence-electron chi connectivity index (χ3n) is 7.24. The Hall–Kier alpha value is -3.32. The monoisotopic (exact) mass is 563 g/mol. The van der Waals surface area contributed by atoms with Crippen LogP contribution in [0.1, 0.15) is 30.4 Å². The van der Waals surface area contributed by atoms with Crippen LogP contribution in [-0.4, -0.2) is 68.8 Å². The molecule has 2 aliphatic heterocycles. The molecule has 2 saturated heterocycles. The SMILES string of the molecule is O=C(O)C1CC=C(c2cc(F)c(COc3nc4nc(O[C@@H]5CO[C@H]6C5OC[C@H]6O)[nH]c4cc3Cl)c(F)c2)CC1. The minimum absolute atomic E-state index is 0.0636. The van der Waals surface area contributed by atoms with E-state index < -0.39 is 54.5 Å². The molecular weight excluding hydrogens is 540 g/mol. The van der Waals surface area contributed by atoms with E-state index in [4.69, 9.17) is 35.7 Å². The van der Waals surface area contributed by atoms with Gasteiger partial charge in [0.2, 0.25) is 5.88 Å². The van der Waals surface area contributed by atoms with E-state index in [9.17, 15) is 18.7 Å². The van der Waals surface area contributed by atoms with Crippen LogP contribution >= 0.6 is 11.6 Å². The smallest absolute Gasteiger partial charge is 0.306 e. The van der Waals surface area contributed by atoms with Crippen molar-refractivity contribution in [1.82, 2.24) is 15.0 Å². The van der Waals surface area contributed by atoms with Crippen LogP contribution in [0.4, 0.5) is 8.78 Å². The molecule has 0 radical (unpaired) electrons. The Kier molecular flexibility index (Phi) is 6.88. The molecule has 0 amide bonds. The number of aromatic nitrogens is 3. The number of pyridine rings is 1. The first-order valence-electron chi connectivity index (χ1n) is 12.4. The normalized spacial score (nSPS) is 26.5. The highest BCUT2D eigenvalue weighted by atomic mass is 35.5. The van der Waals surface area contributed by atoms with Gasteiger partial charge in [0.25, 0.3) is 6.01 Å². The van der Waals surface area contributed by atoms with Crippen LogP contribution in [0.2, 0.25) is 5.02 Å². The van der Waals surface area contributed by atoms with Gasteiger partial charge in [-0.1, -0.05) is 17.7 Å². The molecule has 3 N–H and O–H groups in total. The van der Waals surface area contributed by atoms with Crippen LogP contribution in [0.15, 0.2) is 24.3 Å². The van der Waals surface area contributed by atoms with Crippen molar-refractivity contribution in [3.05, 3.63) is 52.1 Å². The van der Waals surface area contributed by atoms with Gasteiger partial charge in [-0.25, -0.2) is 8.78 Å². The summed E-state index contributed by atoms with van der Waals surface area (Å²) in [6, 6.07) is 4.09. The molecule has 4 heterocycles. The molecule has 0 saturated carbocycles. The molecule has 1 aromatic carbocycles. The van der Waals surface area contributed by atoms with Crippen LogP contribution in [0, 0.1) is 17.6 Å². The van der Waals surface area contributed by atoms with Crippen LogP contribution in [0.5, 0.6) is 11.9 Å². The van der Waals surface area contributed by atoms with Crippen LogP contribution in [0.25, 0.3) is 16.7 Å². The molecule has 13 heteroatoms. The number of benzene rings is 1. The maximum Gasteiger partial charge on any atom is 0.306 e. The quantitative estimate of drug-likeness (QED) is 0.393. The van der Waals surface area contributed by atoms with Crippen molar-refractivity contribution >= 4 is 34.3 Å². The lowest BCUT2D eigenvalue weighted by molar-refractivity contribution is -0.141. The number of carboxylic acid groups (broad SMARTS) is 1. The highest BCUT2D eigenvalue weighted by Crippen LogP contribution is 2.34. The number of carboxylic acids is 1.